The Kier molecular flexibility index (Phi) is 3.53. The van der Waals surface area contributed by atoms with Gasteiger partial charge in [0.2, 0.25) is 0 Å². The van der Waals surface area contributed by atoms with Gasteiger partial charge in [-0.2, -0.15) is 0 Å². The third kappa shape index (κ3) is 2.09. The third-order valence-electron chi connectivity index (χ3n) is 3.58. The normalized spacial score (nSPS) is 20.1. The predicted molar refractivity (Wildman–Crippen MR) is 62.6 cm³/mol. The average Bonchev–Trinajstić information content (AvgIpc) is 2.28. The number of pyridine rings is 1. The highest BCUT2D eigenvalue weighted by Crippen LogP contribution is 2.38. The maximum absolute atomic E-state index is 5.63. The number of hydrogen-bond donors (Lipinski definition) is 2. The largest absolute Gasteiger partial charge is 0.377 e. The Bertz CT molecular complexity index is 319. The zero-order valence-corrected chi connectivity index (χ0v) is 9.65. The molecular formula is C12H19N3O. The first kappa shape index (κ1) is 11.5. The smallest absolute Gasteiger partial charge is 0.0848 e. The van der Waals surface area contributed by atoms with E-state index in [0.29, 0.717) is 0 Å². The van der Waals surface area contributed by atoms with E-state index in [1.807, 2.05) is 24.4 Å². The minimum Gasteiger partial charge on any atom is -0.377 e. The number of ether oxygens (including phenoxy) is 1. The van der Waals surface area contributed by atoms with Crippen molar-refractivity contribution in [3.8, 4) is 0 Å². The fraction of sp³-hybridized carbons (Fsp3) is 0.583. The van der Waals surface area contributed by atoms with Crippen molar-refractivity contribution in [1.82, 2.24) is 10.4 Å². The van der Waals surface area contributed by atoms with E-state index in [9.17, 15) is 0 Å². The molecule has 4 heteroatoms. The molecule has 0 amide bonds. The number of nitrogens with zero attached hydrogens (tertiary/aromatic N) is 1. The molecule has 1 aromatic heterocycles. The lowest BCUT2D eigenvalue weighted by Crippen LogP contribution is -2.59. The zero-order chi connectivity index (χ0) is 11.4. The summed E-state index contributed by atoms with van der Waals surface area (Å²) < 4.78 is 5.63. The molecule has 1 aromatic rings. The van der Waals surface area contributed by atoms with Crippen LogP contribution in [-0.4, -0.2) is 23.7 Å². The molecule has 0 saturated heterocycles. The van der Waals surface area contributed by atoms with Crippen LogP contribution in [0.25, 0.3) is 0 Å². The number of methoxy groups -OCH3 is 1. The number of rotatable bonds is 5. The molecule has 1 aliphatic carbocycles. The molecule has 16 heavy (non-hydrogen) atoms. The van der Waals surface area contributed by atoms with Gasteiger partial charge in [0.05, 0.1) is 11.6 Å². The van der Waals surface area contributed by atoms with E-state index in [0.717, 1.165) is 25.0 Å². The van der Waals surface area contributed by atoms with E-state index in [2.05, 4.69) is 10.4 Å². The quantitative estimate of drug-likeness (QED) is 0.576. The molecule has 0 aromatic carbocycles. The minimum atomic E-state index is -0.0910. The van der Waals surface area contributed by atoms with Gasteiger partial charge in [-0.25, -0.2) is 0 Å². The maximum Gasteiger partial charge on any atom is 0.0848 e. The van der Waals surface area contributed by atoms with Gasteiger partial charge in [-0.05, 0) is 31.4 Å². The Morgan fingerprint density at radius 2 is 2.38 bits per heavy atom. The second kappa shape index (κ2) is 4.91. The second-order valence-corrected chi connectivity index (χ2v) is 4.37. The zero-order valence-electron chi connectivity index (χ0n) is 9.65. The summed E-state index contributed by atoms with van der Waals surface area (Å²) in [6.07, 6.45) is 5.99. The monoisotopic (exact) mass is 221 g/mol. The number of nitrogens with two attached hydrogens (primary N) is 1. The molecule has 1 heterocycles. The van der Waals surface area contributed by atoms with E-state index < -0.39 is 0 Å². The molecular weight excluding hydrogens is 202 g/mol. The maximum atomic E-state index is 5.63. The van der Waals surface area contributed by atoms with Gasteiger partial charge in [0.1, 0.15) is 0 Å². The summed E-state index contributed by atoms with van der Waals surface area (Å²) in [4.78, 5) is 4.32. The van der Waals surface area contributed by atoms with Crippen molar-refractivity contribution in [1.29, 1.82) is 0 Å². The Balaban J connectivity index is 2.06. The van der Waals surface area contributed by atoms with E-state index >= 15 is 0 Å². The third-order valence-corrected chi connectivity index (χ3v) is 3.58. The molecule has 3 N–H and O–H groups in total. The van der Waals surface area contributed by atoms with Gasteiger partial charge in [0, 0.05) is 25.4 Å². The first-order chi connectivity index (χ1) is 7.80. The van der Waals surface area contributed by atoms with E-state index in [-0.39, 0.29) is 11.6 Å². The second-order valence-electron chi connectivity index (χ2n) is 4.37. The van der Waals surface area contributed by atoms with Crippen LogP contribution >= 0.6 is 0 Å². The number of hydrogen-bond acceptors (Lipinski definition) is 4. The van der Waals surface area contributed by atoms with Gasteiger partial charge in [-0.3, -0.25) is 16.3 Å². The van der Waals surface area contributed by atoms with Crippen molar-refractivity contribution in [2.24, 2.45) is 5.84 Å². The summed E-state index contributed by atoms with van der Waals surface area (Å²) in [5.74, 6) is 5.63. The summed E-state index contributed by atoms with van der Waals surface area (Å²) >= 11 is 0. The summed E-state index contributed by atoms with van der Waals surface area (Å²) in [5.41, 5.74) is 3.84. The van der Waals surface area contributed by atoms with Crippen LogP contribution in [0.4, 0.5) is 0 Å². The predicted octanol–water partition coefficient (Wildman–Crippen LogP) is 1.03. The lowest BCUT2D eigenvalue weighted by molar-refractivity contribution is -0.0983. The lowest BCUT2D eigenvalue weighted by Gasteiger charge is -2.46. The molecule has 4 nitrogen and oxygen atoms in total. The standard InChI is InChI=1S/C12H19N3O/c1-16-12(6-4-7-12)11(15-13)9-10-5-2-3-8-14-10/h2-3,5,8,11,15H,4,6-7,9,13H2,1H3. The van der Waals surface area contributed by atoms with Crippen LogP contribution < -0.4 is 11.3 Å². The number of hydrazine groups is 1. The van der Waals surface area contributed by atoms with Crippen LogP contribution in [0.5, 0.6) is 0 Å². The molecule has 0 spiro atoms. The highest BCUT2D eigenvalue weighted by molar-refractivity contribution is 5.09. The molecule has 0 aliphatic heterocycles. The van der Waals surface area contributed by atoms with Crippen LogP contribution in [0.3, 0.4) is 0 Å². The summed E-state index contributed by atoms with van der Waals surface area (Å²) in [6, 6.07) is 6.08. The van der Waals surface area contributed by atoms with Gasteiger partial charge < -0.3 is 4.74 Å². The van der Waals surface area contributed by atoms with Crippen molar-refractivity contribution in [2.75, 3.05) is 7.11 Å². The fourth-order valence-corrected chi connectivity index (χ4v) is 2.34. The average molecular weight is 221 g/mol. The van der Waals surface area contributed by atoms with Gasteiger partial charge in [0.25, 0.3) is 0 Å². The first-order valence-electron chi connectivity index (χ1n) is 5.72. The van der Waals surface area contributed by atoms with E-state index in [1.165, 1.54) is 6.42 Å². The molecule has 88 valence electrons. The molecule has 0 radical (unpaired) electrons. The van der Waals surface area contributed by atoms with Crippen LogP contribution in [-0.2, 0) is 11.2 Å². The molecule has 1 fully saturated rings. The molecule has 2 rings (SSSR count). The highest BCUT2D eigenvalue weighted by Gasteiger charge is 2.44. The van der Waals surface area contributed by atoms with Crippen molar-refractivity contribution in [2.45, 2.75) is 37.3 Å². The van der Waals surface area contributed by atoms with Crippen molar-refractivity contribution in [3.63, 3.8) is 0 Å². The van der Waals surface area contributed by atoms with Crippen LogP contribution in [0.1, 0.15) is 25.0 Å². The Labute approximate surface area is 96.2 Å². The van der Waals surface area contributed by atoms with Crippen molar-refractivity contribution < 1.29 is 4.74 Å². The number of aromatic nitrogens is 1. The van der Waals surface area contributed by atoms with Gasteiger partial charge in [-0.1, -0.05) is 6.07 Å². The van der Waals surface area contributed by atoms with Gasteiger partial charge in [-0.15, -0.1) is 0 Å². The summed E-state index contributed by atoms with van der Waals surface area (Å²) in [7, 11) is 1.77. The Morgan fingerprint density at radius 3 is 2.81 bits per heavy atom. The summed E-state index contributed by atoms with van der Waals surface area (Å²) in [5, 5.41) is 0. The summed E-state index contributed by atoms with van der Waals surface area (Å²) in [6.45, 7) is 0. The van der Waals surface area contributed by atoms with E-state index in [4.69, 9.17) is 10.6 Å². The Hall–Kier alpha value is -0.970. The lowest BCUT2D eigenvalue weighted by atomic mass is 9.73. The fourth-order valence-electron chi connectivity index (χ4n) is 2.34. The number of nitrogens with one attached hydrogen (secondary N) is 1. The van der Waals surface area contributed by atoms with Crippen LogP contribution in [0, 0.1) is 0 Å². The van der Waals surface area contributed by atoms with Crippen LogP contribution in [0.15, 0.2) is 24.4 Å². The molecule has 1 aliphatic rings. The Morgan fingerprint density at radius 1 is 1.56 bits per heavy atom. The van der Waals surface area contributed by atoms with Gasteiger partial charge >= 0.3 is 0 Å². The first-order valence-corrected chi connectivity index (χ1v) is 5.72. The van der Waals surface area contributed by atoms with Gasteiger partial charge in [0.15, 0.2) is 0 Å². The molecule has 1 unspecified atom stereocenters. The minimum absolute atomic E-state index is 0.0910. The van der Waals surface area contributed by atoms with E-state index in [1.54, 1.807) is 7.11 Å². The van der Waals surface area contributed by atoms with Crippen molar-refractivity contribution in [3.05, 3.63) is 30.1 Å². The topological polar surface area (TPSA) is 60.2 Å². The SMILES string of the molecule is COC1(C(Cc2ccccn2)NN)CCC1. The van der Waals surface area contributed by atoms with Crippen LogP contribution in [0.2, 0.25) is 0 Å². The molecule has 1 atom stereocenters. The van der Waals surface area contributed by atoms with Crippen molar-refractivity contribution >= 4 is 0 Å². The molecule has 0 bridgehead atoms. The molecule has 1 saturated carbocycles. The highest BCUT2D eigenvalue weighted by atomic mass is 16.5.